The minimum absolute atomic E-state index is 0. The maximum Gasteiger partial charge on any atom is -0.0149 e. The van der Waals surface area contributed by atoms with Crippen molar-refractivity contribution in [2.75, 3.05) is 21.3 Å². The Kier molecular flexibility index (Phi) is 11.5. The fourth-order valence-corrected chi connectivity index (χ4v) is 1.94. The van der Waals surface area contributed by atoms with Crippen LogP contribution in [0, 0.1) is 0 Å². The Hall–Kier alpha value is 0.896. The van der Waals surface area contributed by atoms with Crippen LogP contribution in [0.1, 0.15) is 0 Å². The third-order valence-corrected chi connectivity index (χ3v) is 3.87. The zero-order chi connectivity index (χ0) is 5.70. The maximum absolute atomic E-state index is 4.81. The van der Waals surface area contributed by atoms with Crippen molar-refractivity contribution in [1.82, 2.24) is 0 Å². The van der Waals surface area contributed by atoms with Gasteiger partial charge in [0.1, 0.15) is 0 Å². The van der Waals surface area contributed by atoms with E-state index in [1.165, 1.54) is 0 Å². The molecule has 52 valence electrons. The van der Waals surface area contributed by atoms with Crippen molar-refractivity contribution in [3.05, 3.63) is 0 Å². The summed E-state index contributed by atoms with van der Waals surface area (Å²) >= 11 is -2.26. The number of hydrogen-bond acceptors (Lipinski definition) is 3. The van der Waals surface area contributed by atoms with Gasteiger partial charge in [0.15, 0.2) is 0 Å². The maximum atomic E-state index is 4.81. The molecule has 5 heteroatoms. The Morgan fingerprint density at radius 2 is 1.12 bits per heavy atom. The molecule has 0 N–H and O–H groups in total. The van der Waals surface area contributed by atoms with Crippen molar-refractivity contribution in [3.63, 3.8) is 0 Å². The van der Waals surface area contributed by atoms with Gasteiger partial charge in [-0.1, -0.05) is 0 Å². The Labute approximate surface area is 62.7 Å². The first kappa shape index (κ1) is 11.7. The van der Waals surface area contributed by atoms with E-state index in [1.54, 1.807) is 21.3 Å². The summed E-state index contributed by atoms with van der Waals surface area (Å²) in [5, 5.41) is 0. The molecular formula is C3H14O3SiSn. The molecule has 0 saturated heterocycles. The SMILES string of the molecule is C[O][SnH]([O]C)[O]C.[SiH4]. The van der Waals surface area contributed by atoms with E-state index in [9.17, 15) is 0 Å². The molecular weight excluding hydrogens is 231 g/mol. The van der Waals surface area contributed by atoms with Gasteiger partial charge in [0, 0.05) is 0 Å². The molecule has 0 radical (unpaired) electrons. The summed E-state index contributed by atoms with van der Waals surface area (Å²) in [6.07, 6.45) is 0. The van der Waals surface area contributed by atoms with Crippen LogP contribution < -0.4 is 0 Å². The first-order valence-electron chi connectivity index (χ1n) is 1.93. The third-order valence-electron chi connectivity index (χ3n) is 0.577. The van der Waals surface area contributed by atoms with Crippen LogP contribution in [0.15, 0.2) is 0 Å². The normalized spacial score (nSPS) is 9.00. The van der Waals surface area contributed by atoms with Crippen LogP contribution in [-0.4, -0.2) is 53.3 Å². The quantitative estimate of drug-likeness (QED) is 0.548. The van der Waals surface area contributed by atoms with E-state index in [0.717, 1.165) is 0 Å². The van der Waals surface area contributed by atoms with Gasteiger partial charge in [-0.25, -0.2) is 0 Å². The molecule has 0 aromatic carbocycles. The largest absolute Gasteiger partial charge is 0.0149 e. The predicted octanol–water partition coefficient (Wildman–Crippen LogP) is -1.81. The van der Waals surface area contributed by atoms with E-state index < -0.39 is 21.0 Å². The van der Waals surface area contributed by atoms with E-state index in [-0.39, 0.29) is 11.0 Å². The van der Waals surface area contributed by atoms with Crippen molar-refractivity contribution in [1.29, 1.82) is 0 Å². The van der Waals surface area contributed by atoms with Crippen LogP contribution in [0.3, 0.4) is 0 Å². The smallest absolute Gasteiger partial charge is 0.0149 e. The van der Waals surface area contributed by atoms with Crippen LogP contribution in [0.25, 0.3) is 0 Å². The molecule has 0 aliphatic heterocycles. The summed E-state index contributed by atoms with van der Waals surface area (Å²) in [6, 6.07) is 0. The van der Waals surface area contributed by atoms with Gasteiger partial charge in [-0.3, -0.25) is 0 Å². The zero-order valence-corrected chi connectivity index (χ0v) is 8.10. The molecule has 0 aromatic heterocycles. The molecule has 8 heavy (non-hydrogen) atoms. The van der Waals surface area contributed by atoms with Gasteiger partial charge in [-0.05, 0) is 11.0 Å². The second-order valence-electron chi connectivity index (χ2n) is 0.996. The van der Waals surface area contributed by atoms with E-state index >= 15 is 0 Å². The molecule has 0 saturated carbocycles. The van der Waals surface area contributed by atoms with Crippen LogP contribution in [0.5, 0.6) is 0 Å². The fourth-order valence-electron chi connectivity index (χ4n) is 0.289. The molecule has 0 aromatic rings. The van der Waals surface area contributed by atoms with Crippen molar-refractivity contribution < 1.29 is 9.22 Å². The predicted molar refractivity (Wildman–Crippen MR) is 39.5 cm³/mol. The van der Waals surface area contributed by atoms with Crippen molar-refractivity contribution in [3.8, 4) is 0 Å². The second kappa shape index (κ2) is 7.90. The zero-order valence-electron chi connectivity index (χ0n) is 4.80. The third kappa shape index (κ3) is 5.04. The first-order chi connectivity index (χ1) is 3.35. The Bertz CT molecular complexity index is 36.0. The molecule has 0 fully saturated rings. The molecule has 0 heterocycles. The topological polar surface area (TPSA) is 27.7 Å². The van der Waals surface area contributed by atoms with E-state index in [4.69, 9.17) is 9.22 Å². The summed E-state index contributed by atoms with van der Waals surface area (Å²) in [7, 11) is 4.81. The summed E-state index contributed by atoms with van der Waals surface area (Å²) in [6.45, 7) is 0. The average Bonchev–Trinajstić information content (AvgIpc) is 1.72. The van der Waals surface area contributed by atoms with Crippen LogP contribution in [-0.2, 0) is 9.22 Å². The van der Waals surface area contributed by atoms with Gasteiger partial charge < -0.3 is 0 Å². The van der Waals surface area contributed by atoms with Crippen molar-refractivity contribution >= 4 is 32.0 Å². The van der Waals surface area contributed by atoms with Gasteiger partial charge in [-0.2, -0.15) is 0 Å². The van der Waals surface area contributed by atoms with Crippen molar-refractivity contribution in [2.24, 2.45) is 0 Å². The Balaban J connectivity index is 0. The minimum Gasteiger partial charge on any atom is -0.0149 e. The molecule has 0 amide bonds. The molecule has 0 bridgehead atoms. The molecule has 0 aliphatic carbocycles. The van der Waals surface area contributed by atoms with Crippen molar-refractivity contribution in [2.45, 2.75) is 0 Å². The van der Waals surface area contributed by atoms with Crippen LogP contribution >= 0.6 is 0 Å². The Morgan fingerprint density at radius 3 is 1.12 bits per heavy atom. The molecule has 0 atom stereocenters. The summed E-state index contributed by atoms with van der Waals surface area (Å²) in [4.78, 5) is 0. The molecule has 0 aliphatic rings. The van der Waals surface area contributed by atoms with Gasteiger partial charge in [0.2, 0.25) is 0 Å². The number of rotatable bonds is 3. The summed E-state index contributed by atoms with van der Waals surface area (Å²) in [5.74, 6) is 0. The van der Waals surface area contributed by atoms with Gasteiger partial charge in [0.25, 0.3) is 0 Å². The standard InChI is InChI=1S/3CH3O.H4Si.Sn.H/c3*1-2;;;/h3*1H3;1H4;;/q3*-1;;+3;. The van der Waals surface area contributed by atoms with Gasteiger partial charge >= 0.3 is 51.6 Å². The summed E-state index contributed by atoms with van der Waals surface area (Å²) in [5.41, 5.74) is 0. The van der Waals surface area contributed by atoms with Crippen LogP contribution in [0.4, 0.5) is 0 Å². The molecule has 0 unspecified atom stereocenters. The van der Waals surface area contributed by atoms with E-state index in [0.29, 0.717) is 0 Å². The van der Waals surface area contributed by atoms with E-state index in [2.05, 4.69) is 0 Å². The van der Waals surface area contributed by atoms with Gasteiger partial charge in [0.05, 0.1) is 0 Å². The molecule has 0 rings (SSSR count). The Morgan fingerprint density at radius 1 is 0.875 bits per heavy atom. The first-order valence-corrected chi connectivity index (χ1v) is 5.97. The average molecular weight is 245 g/mol. The molecule has 0 spiro atoms. The van der Waals surface area contributed by atoms with E-state index in [1.807, 2.05) is 0 Å². The summed E-state index contributed by atoms with van der Waals surface area (Å²) < 4.78 is 14.4. The molecule has 3 nitrogen and oxygen atoms in total. The second-order valence-corrected chi connectivity index (χ2v) is 6.68. The van der Waals surface area contributed by atoms with Crippen LogP contribution in [0.2, 0.25) is 0 Å². The minimum atomic E-state index is -2.26. The van der Waals surface area contributed by atoms with Gasteiger partial charge in [-0.15, -0.1) is 0 Å². The fraction of sp³-hybridized carbons (Fsp3) is 1.00. The number of hydrogen-bond donors (Lipinski definition) is 0. The monoisotopic (exact) mass is 246 g/mol.